The highest BCUT2D eigenvalue weighted by molar-refractivity contribution is 6.30. The number of nitrogens with one attached hydrogen (secondary N) is 1. The molecule has 0 bridgehead atoms. The number of carbonyl (C=O) groups is 2. The lowest BCUT2D eigenvalue weighted by Gasteiger charge is -2.30. The molecule has 1 N–H and O–H groups in total. The summed E-state index contributed by atoms with van der Waals surface area (Å²) in [5.41, 5.74) is 2.07. The molecule has 4 nitrogen and oxygen atoms in total. The molecule has 0 fully saturated rings. The van der Waals surface area contributed by atoms with Crippen LogP contribution < -0.4 is 5.32 Å². The molecule has 2 aromatic rings. The minimum Gasteiger partial charge on any atom is -0.355 e. The summed E-state index contributed by atoms with van der Waals surface area (Å²) in [6.07, 6.45) is 1.59. The van der Waals surface area contributed by atoms with Crippen LogP contribution in [0.3, 0.4) is 0 Å². The monoisotopic (exact) mass is 386 g/mol. The van der Waals surface area contributed by atoms with E-state index in [4.69, 9.17) is 11.6 Å². The SMILES string of the molecule is CCNC(=O)C(CC)N(Cc1ccc(Cl)cc1)C(=O)CCc1ccccc1. The number of nitrogens with zero attached hydrogens (tertiary/aromatic N) is 1. The first-order valence-electron chi connectivity index (χ1n) is 9.40. The van der Waals surface area contributed by atoms with Crippen molar-refractivity contribution >= 4 is 23.4 Å². The van der Waals surface area contributed by atoms with Crippen LogP contribution in [0.5, 0.6) is 0 Å². The lowest BCUT2D eigenvalue weighted by Crippen LogP contribution is -2.49. The summed E-state index contributed by atoms with van der Waals surface area (Å²) in [7, 11) is 0. The van der Waals surface area contributed by atoms with E-state index in [1.807, 2.05) is 56.3 Å². The third kappa shape index (κ3) is 6.40. The Morgan fingerprint density at radius 1 is 1.00 bits per heavy atom. The molecule has 0 saturated heterocycles. The number of amides is 2. The second-order valence-electron chi connectivity index (χ2n) is 6.45. The van der Waals surface area contributed by atoms with E-state index in [2.05, 4.69) is 5.32 Å². The number of aryl methyl sites for hydroxylation is 1. The van der Waals surface area contributed by atoms with Crippen LogP contribution in [-0.4, -0.2) is 29.3 Å². The van der Waals surface area contributed by atoms with Crippen molar-refractivity contribution in [3.63, 3.8) is 0 Å². The van der Waals surface area contributed by atoms with E-state index in [9.17, 15) is 9.59 Å². The molecule has 0 aliphatic rings. The van der Waals surface area contributed by atoms with Crippen molar-refractivity contribution in [1.29, 1.82) is 0 Å². The summed E-state index contributed by atoms with van der Waals surface area (Å²) >= 11 is 5.97. The molecule has 0 aliphatic carbocycles. The van der Waals surface area contributed by atoms with Crippen molar-refractivity contribution < 1.29 is 9.59 Å². The van der Waals surface area contributed by atoms with Gasteiger partial charge in [0.25, 0.3) is 0 Å². The van der Waals surface area contributed by atoms with E-state index < -0.39 is 6.04 Å². The van der Waals surface area contributed by atoms with Gasteiger partial charge in [-0.3, -0.25) is 9.59 Å². The number of likely N-dealkylation sites (N-methyl/N-ethyl adjacent to an activating group) is 1. The number of halogens is 1. The zero-order chi connectivity index (χ0) is 19.6. The molecule has 2 aromatic carbocycles. The lowest BCUT2D eigenvalue weighted by molar-refractivity contribution is -0.141. The van der Waals surface area contributed by atoms with Gasteiger partial charge in [-0.05, 0) is 43.0 Å². The molecule has 2 rings (SSSR count). The Labute approximate surface area is 166 Å². The standard InChI is InChI=1S/C22H27ClN2O2/c1-3-20(22(27)24-4-2)25(16-18-10-13-19(23)14-11-18)21(26)15-12-17-8-6-5-7-9-17/h5-11,13-14,20H,3-4,12,15-16H2,1-2H3,(H,24,27). The second kappa shape index (κ2) is 10.7. The minimum absolute atomic E-state index is 0.0214. The quantitative estimate of drug-likeness (QED) is 0.701. The van der Waals surface area contributed by atoms with E-state index in [-0.39, 0.29) is 11.8 Å². The van der Waals surface area contributed by atoms with Gasteiger partial charge >= 0.3 is 0 Å². The maximum atomic E-state index is 13.0. The van der Waals surface area contributed by atoms with Gasteiger partial charge < -0.3 is 10.2 Å². The number of rotatable bonds is 9. The van der Waals surface area contributed by atoms with Gasteiger partial charge in [-0.1, -0.05) is 61.0 Å². The van der Waals surface area contributed by atoms with Gasteiger partial charge in [-0.2, -0.15) is 0 Å². The van der Waals surface area contributed by atoms with Gasteiger partial charge in [0.05, 0.1) is 0 Å². The molecule has 1 unspecified atom stereocenters. The summed E-state index contributed by atoms with van der Waals surface area (Å²) < 4.78 is 0. The predicted octanol–water partition coefficient (Wildman–Crippen LogP) is 4.22. The fraction of sp³-hybridized carbons (Fsp3) is 0.364. The highest BCUT2D eigenvalue weighted by atomic mass is 35.5. The first-order chi connectivity index (χ1) is 13.0. The van der Waals surface area contributed by atoms with Crippen molar-refractivity contribution in [2.24, 2.45) is 0 Å². The normalized spacial score (nSPS) is 11.7. The smallest absolute Gasteiger partial charge is 0.242 e. The number of carbonyl (C=O) groups excluding carboxylic acids is 2. The molecule has 0 spiro atoms. The van der Waals surface area contributed by atoms with Crippen LogP contribution >= 0.6 is 11.6 Å². The van der Waals surface area contributed by atoms with Crippen molar-refractivity contribution in [3.8, 4) is 0 Å². The molecule has 144 valence electrons. The molecule has 27 heavy (non-hydrogen) atoms. The average molecular weight is 387 g/mol. The Balaban J connectivity index is 2.17. The maximum Gasteiger partial charge on any atom is 0.242 e. The fourth-order valence-electron chi connectivity index (χ4n) is 3.04. The third-order valence-electron chi connectivity index (χ3n) is 4.47. The molecule has 2 amide bonds. The van der Waals surface area contributed by atoms with Crippen molar-refractivity contribution in [2.45, 2.75) is 45.7 Å². The van der Waals surface area contributed by atoms with Gasteiger partial charge in [0.15, 0.2) is 0 Å². The van der Waals surface area contributed by atoms with E-state index in [0.29, 0.717) is 37.4 Å². The fourth-order valence-corrected chi connectivity index (χ4v) is 3.16. The van der Waals surface area contributed by atoms with Crippen LogP contribution in [-0.2, 0) is 22.6 Å². The van der Waals surface area contributed by atoms with Crippen molar-refractivity contribution in [3.05, 3.63) is 70.7 Å². The van der Waals surface area contributed by atoms with Gasteiger partial charge in [0.2, 0.25) is 11.8 Å². The topological polar surface area (TPSA) is 49.4 Å². The van der Waals surface area contributed by atoms with Gasteiger partial charge in [0, 0.05) is 24.5 Å². The Hall–Kier alpha value is -2.33. The molecule has 5 heteroatoms. The van der Waals surface area contributed by atoms with E-state index in [1.54, 1.807) is 17.0 Å². The molecule has 0 heterocycles. The lowest BCUT2D eigenvalue weighted by atomic mass is 10.1. The molecule has 1 atom stereocenters. The van der Waals surface area contributed by atoms with Crippen molar-refractivity contribution in [1.82, 2.24) is 10.2 Å². The first-order valence-corrected chi connectivity index (χ1v) is 9.78. The largest absolute Gasteiger partial charge is 0.355 e. The zero-order valence-corrected chi connectivity index (χ0v) is 16.7. The molecule has 0 aliphatic heterocycles. The zero-order valence-electron chi connectivity index (χ0n) is 16.0. The molecule has 0 saturated carbocycles. The summed E-state index contributed by atoms with van der Waals surface area (Å²) in [4.78, 5) is 27.2. The van der Waals surface area contributed by atoms with Crippen LogP contribution in [0.2, 0.25) is 5.02 Å². The summed E-state index contributed by atoms with van der Waals surface area (Å²) in [6.45, 7) is 4.74. The Kier molecular flexibility index (Phi) is 8.34. The Morgan fingerprint density at radius 3 is 2.26 bits per heavy atom. The van der Waals surface area contributed by atoms with Crippen LogP contribution in [0, 0.1) is 0 Å². The average Bonchev–Trinajstić information content (AvgIpc) is 2.68. The van der Waals surface area contributed by atoms with Crippen LogP contribution in [0.15, 0.2) is 54.6 Å². The van der Waals surface area contributed by atoms with Gasteiger partial charge in [-0.15, -0.1) is 0 Å². The highest BCUT2D eigenvalue weighted by Gasteiger charge is 2.28. The Morgan fingerprint density at radius 2 is 1.67 bits per heavy atom. The highest BCUT2D eigenvalue weighted by Crippen LogP contribution is 2.17. The molecular formula is C22H27ClN2O2. The minimum atomic E-state index is -0.482. The van der Waals surface area contributed by atoms with E-state index >= 15 is 0 Å². The van der Waals surface area contributed by atoms with Crippen LogP contribution in [0.25, 0.3) is 0 Å². The number of benzene rings is 2. The molecule has 0 aromatic heterocycles. The number of hydrogen-bond donors (Lipinski definition) is 1. The Bertz CT molecular complexity index is 732. The third-order valence-corrected chi connectivity index (χ3v) is 4.73. The molecule has 0 radical (unpaired) electrons. The summed E-state index contributed by atoms with van der Waals surface area (Å²) in [5, 5.41) is 3.50. The van der Waals surface area contributed by atoms with Gasteiger partial charge in [0.1, 0.15) is 6.04 Å². The van der Waals surface area contributed by atoms with Crippen LogP contribution in [0.1, 0.15) is 37.8 Å². The van der Waals surface area contributed by atoms with Crippen molar-refractivity contribution in [2.75, 3.05) is 6.54 Å². The summed E-state index contributed by atoms with van der Waals surface area (Å²) in [5.74, 6) is -0.131. The maximum absolute atomic E-state index is 13.0. The molecular weight excluding hydrogens is 360 g/mol. The van der Waals surface area contributed by atoms with Crippen LogP contribution in [0.4, 0.5) is 0 Å². The number of hydrogen-bond acceptors (Lipinski definition) is 2. The summed E-state index contributed by atoms with van der Waals surface area (Å²) in [6, 6.07) is 16.8. The first kappa shape index (κ1) is 21.0. The van der Waals surface area contributed by atoms with Gasteiger partial charge in [-0.25, -0.2) is 0 Å². The second-order valence-corrected chi connectivity index (χ2v) is 6.89. The van der Waals surface area contributed by atoms with E-state index in [1.165, 1.54) is 0 Å². The predicted molar refractivity (Wildman–Crippen MR) is 110 cm³/mol. The van der Waals surface area contributed by atoms with E-state index in [0.717, 1.165) is 11.1 Å².